The Labute approximate surface area is 85.1 Å². The van der Waals surface area contributed by atoms with E-state index in [0.717, 1.165) is 0 Å². The molecular weight excluding hydrogens is 210 g/mol. The predicted molar refractivity (Wildman–Crippen MR) is 48.3 cm³/mol. The van der Waals surface area contributed by atoms with Gasteiger partial charge in [-0.05, 0) is 12.5 Å². The summed E-state index contributed by atoms with van der Waals surface area (Å²) in [7, 11) is 0. The molecule has 1 heterocycles. The van der Waals surface area contributed by atoms with Crippen molar-refractivity contribution in [1.82, 2.24) is 4.98 Å². The minimum absolute atomic E-state index is 0.0872. The molecule has 0 radical (unpaired) electrons. The van der Waals surface area contributed by atoms with Gasteiger partial charge in [-0.25, -0.2) is 8.78 Å². The van der Waals surface area contributed by atoms with Crippen LogP contribution in [0.5, 0.6) is 0 Å². The highest BCUT2D eigenvalue weighted by atomic mass is 35.5. The summed E-state index contributed by atoms with van der Waals surface area (Å²) in [5.41, 5.74) is 0.377. The number of nitrogens with zero attached hydrogens (tertiary/aromatic N) is 2. The molecule has 74 valence electrons. The number of hydrogen-bond donors (Lipinski definition) is 0. The summed E-state index contributed by atoms with van der Waals surface area (Å²) in [6, 6.07) is 1.82. The lowest BCUT2D eigenvalue weighted by Crippen LogP contribution is -2.00. The van der Waals surface area contributed by atoms with E-state index < -0.39 is 6.43 Å². The van der Waals surface area contributed by atoms with Gasteiger partial charge in [0, 0.05) is 17.5 Å². The molecule has 0 saturated carbocycles. The van der Waals surface area contributed by atoms with Crippen LogP contribution in [-0.4, -0.2) is 4.98 Å². The summed E-state index contributed by atoms with van der Waals surface area (Å²) < 4.78 is 25.1. The Hall–Kier alpha value is -1.21. The van der Waals surface area contributed by atoms with Crippen LogP contribution in [0, 0.1) is 18.3 Å². The molecule has 0 atom stereocenters. The van der Waals surface area contributed by atoms with E-state index in [-0.39, 0.29) is 22.6 Å². The predicted octanol–water partition coefficient (Wildman–Crippen LogP) is 3.05. The zero-order chi connectivity index (χ0) is 10.7. The highest BCUT2D eigenvalue weighted by molar-refractivity contribution is 6.31. The minimum atomic E-state index is -2.67. The third kappa shape index (κ3) is 1.99. The number of alkyl halides is 2. The molecule has 0 amide bonds. The molecule has 0 unspecified atom stereocenters. The SMILES string of the molecule is Cc1ncc(Cl)c(C(F)F)c1CC#N. The van der Waals surface area contributed by atoms with Crippen LogP contribution in [0.15, 0.2) is 6.20 Å². The molecule has 0 aliphatic heterocycles. The van der Waals surface area contributed by atoms with Gasteiger partial charge in [-0.3, -0.25) is 4.98 Å². The van der Waals surface area contributed by atoms with E-state index in [0.29, 0.717) is 5.69 Å². The lowest BCUT2D eigenvalue weighted by atomic mass is 10.0. The third-order valence-electron chi connectivity index (χ3n) is 1.86. The van der Waals surface area contributed by atoms with Crippen LogP contribution in [0.25, 0.3) is 0 Å². The molecule has 0 spiro atoms. The maximum absolute atomic E-state index is 12.6. The molecule has 0 saturated heterocycles. The van der Waals surface area contributed by atoms with Crippen molar-refractivity contribution < 1.29 is 8.78 Å². The summed E-state index contributed by atoms with van der Waals surface area (Å²) in [4.78, 5) is 3.82. The number of aryl methyl sites for hydroxylation is 1. The van der Waals surface area contributed by atoms with Gasteiger partial charge < -0.3 is 0 Å². The average molecular weight is 217 g/mol. The number of rotatable bonds is 2. The molecule has 1 aromatic heterocycles. The molecule has 0 N–H and O–H groups in total. The van der Waals surface area contributed by atoms with Gasteiger partial charge in [0.1, 0.15) is 0 Å². The van der Waals surface area contributed by atoms with E-state index in [1.807, 2.05) is 6.07 Å². The molecule has 1 aromatic rings. The van der Waals surface area contributed by atoms with Crippen molar-refractivity contribution in [3.8, 4) is 6.07 Å². The van der Waals surface area contributed by atoms with Gasteiger partial charge in [-0.1, -0.05) is 11.6 Å². The summed E-state index contributed by atoms with van der Waals surface area (Å²) in [5.74, 6) is 0. The van der Waals surface area contributed by atoms with Crippen molar-refractivity contribution in [2.24, 2.45) is 0 Å². The Morgan fingerprint density at radius 2 is 2.29 bits per heavy atom. The van der Waals surface area contributed by atoms with Gasteiger partial charge in [0.15, 0.2) is 0 Å². The monoisotopic (exact) mass is 216 g/mol. The smallest absolute Gasteiger partial charge is 0.260 e. The fraction of sp³-hybridized carbons (Fsp3) is 0.333. The Balaban J connectivity index is 3.35. The van der Waals surface area contributed by atoms with Gasteiger partial charge in [-0.15, -0.1) is 0 Å². The van der Waals surface area contributed by atoms with E-state index >= 15 is 0 Å². The standard InChI is InChI=1S/C9H7ClF2N2/c1-5-6(2-3-13)8(9(11)12)7(10)4-14-5/h4,9H,2H2,1H3. The topological polar surface area (TPSA) is 36.7 Å². The van der Waals surface area contributed by atoms with Crippen molar-refractivity contribution in [2.75, 3.05) is 0 Å². The second-order valence-electron chi connectivity index (χ2n) is 2.72. The van der Waals surface area contributed by atoms with E-state index in [4.69, 9.17) is 16.9 Å². The van der Waals surface area contributed by atoms with E-state index in [1.54, 1.807) is 6.92 Å². The Kier molecular flexibility index (Phi) is 3.37. The van der Waals surface area contributed by atoms with Crippen LogP contribution in [0.2, 0.25) is 5.02 Å². The first kappa shape index (κ1) is 10.9. The first-order valence-corrected chi connectivity index (χ1v) is 4.24. The second kappa shape index (κ2) is 4.34. The van der Waals surface area contributed by atoms with Gasteiger partial charge >= 0.3 is 0 Å². The van der Waals surface area contributed by atoms with Crippen LogP contribution in [0.3, 0.4) is 0 Å². The second-order valence-corrected chi connectivity index (χ2v) is 3.13. The summed E-state index contributed by atoms with van der Waals surface area (Å²) in [6.45, 7) is 1.58. The summed E-state index contributed by atoms with van der Waals surface area (Å²) >= 11 is 5.58. The van der Waals surface area contributed by atoms with Crippen molar-refractivity contribution >= 4 is 11.6 Å². The fourth-order valence-electron chi connectivity index (χ4n) is 1.18. The van der Waals surface area contributed by atoms with E-state index in [1.165, 1.54) is 6.20 Å². The molecule has 0 aliphatic rings. The minimum Gasteiger partial charge on any atom is -0.260 e. The highest BCUT2D eigenvalue weighted by Crippen LogP contribution is 2.31. The van der Waals surface area contributed by atoms with Crippen LogP contribution in [0.1, 0.15) is 23.2 Å². The number of pyridine rings is 1. The largest absolute Gasteiger partial charge is 0.265 e. The zero-order valence-corrected chi connectivity index (χ0v) is 8.15. The molecule has 2 nitrogen and oxygen atoms in total. The van der Waals surface area contributed by atoms with Gasteiger partial charge in [0.2, 0.25) is 0 Å². The van der Waals surface area contributed by atoms with Gasteiger partial charge in [0.25, 0.3) is 6.43 Å². The molecule has 0 fully saturated rings. The lowest BCUT2D eigenvalue weighted by molar-refractivity contribution is 0.150. The van der Waals surface area contributed by atoms with E-state index in [9.17, 15) is 8.78 Å². The lowest BCUT2D eigenvalue weighted by Gasteiger charge is -2.09. The quantitative estimate of drug-likeness (QED) is 0.762. The number of halogens is 3. The first-order chi connectivity index (χ1) is 6.57. The number of aromatic nitrogens is 1. The molecule has 0 aromatic carbocycles. The maximum Gasteiger partial charge on any atom is 0.265 e. The highest BCUT2D eigenvalue weighted by Gasteiger charge is 2.19. The fourth-order valence-corrected chi connectivity index (χ4v) is 1.42. The molecular formula is C9H7ClF2N2. The van der Waals surface area contributed by atoms with Gasteiger partial charge in [0.05, 0.1) is 17.5 Å². The van der Waals surface area contributed by atoms with Crippen molar-refractivity contribution in [1.29, 1.82) is 5.26 Å². The average Bonchev–Trinajstić information content (AvgIpc) is 2.11. The number of nitriles is 1. The van der Waals surface area contributed by atoms with Gasteiger partial charge in [-0.2, -0.15) is 5.26 Å². The van der Waals surface area contributed by atoms with Crippen LogP contribution in [-0.2, 0) is 6.42 Å². The normalized spacial score (nSPS) is 10.3. The van der Waals surface area contributed by atoms with Crippen molar-refractivity contribution in [2.45, 2.75) is 19.8 Å². The third-order valence-corrected chi connectivity index (χ3v) is 2.17. The summed E-state index contributed by atoms with van der Waals surface area (Å²) in [6.07, 6.45) is -1.59. The van der Waals surface area contributed by atoms with Crippen LogP contribution >= 0.6 is 11.6 Å². The number of hydrogen-bond acceptors (Lipinski definition) is 2. The molecule has 0 aliphatic carbocycles. The Morgan fingerprint density at radius 3 is 2.79 bits per heavy atom. The zero-order valence-electron chi connectivity index (χ0n) is 7.39. The Bertz CT molecular complexity index is 385. The summed E-state index contributed by atoms with van der Waals surface area (Å²) in [5, 5.41) is 8.39. The molecule has 5 heteroatoms. The van der Waals surface area contributed by atoms with Crippen LogP contribution in [0.4, 0.5) is 8.78 Å². The maximum atomic E-state index is 12.6. The molecule has 14 heavy (non-hydrogen) atoms. The van der Waals surface area contributed by atoms with Crippen molar-refractivity contribution in [3.05, 3.63) is 28.0 Å². The van der Waals surface area contributed by atoms with E-state index in [2.05, 4.69) is 4.98 Å². The molecule has 0 bridgehead atoms. The van der Waals surface area contributed by atoms with Crippen LogP contribution < -0.4 is 0 Å². The van der Waals surface area contributed by atoms with Crippen molar-refractivity contribution in [3.63, 3.8) is 0 Å². The Morgan fingerprint density at radius 1 is 1.64 bits per heavy atom. The molecule has 1 rings (SSSR count). The first-order valence-electron chi connectivity index (χ1n) is 3.87.